The summed E-state index contributed by atoms with van der Waals surface area (Å²) in [4.78, 5) is 13.9. The van der Waals surface area contributed by atoms with E-state index in [1.807, 2.05) is 48.3 Å². The highest BCUT2D eigenvalue weighted by atomic mass is 16.5. The first-order valence-electron chi connectivity index (χ1n) is 13.7. The highest BCUT2D eigenvalue weighted by molar-refractivity contribution is 5.98. The Morgan fingerprint density at radius 2 is 1.93 bits per heavy atom. The SMILES string of the molecule is Cc1ccc2c(NCc3ccn(C)n3)cccc2c1Oc1ncccc1-c1ccnc(N[C@@H]2CNC[C@H](C)C2)n1. The first-order valence-corrected chi connectivity index (χ1v) is 13.7. The van der Waals surface area contributed by atoms with Crippen molar-refractivity contribution in [3.05, 3.63) is 84.4 Å². The van der Waals surface area contributed by atoms with Crippen LogP contribution in [0.2, 0.25) is 0 Å². The van der Waals surface area contributed by atoms with E-state index < -0.39 is 0 Å². The van der Waals surface area contributed by atoms with Gasteiger partial charge < -0.3 is 20.7 Å². The Morgan fingerprint density at radius 3 is 2.77 bits per heavy atom. The summed E-state index contributed by atoms with van der Waals surface area (Å²) in [7, 11) is 1.92. The van der Waals surface area contributed by atoms with E-state index in [2.05, 4.69) is 69.1 Å². The molecular weight excluding hydrogens is 500 g/mol. The first kappa shape index (κ1) is 25.8. The lowest BCUT2D eigenvalue weighted by Crippen LogP contribution is -2.42. The monoisotopic (exact) mass is 534 g/mol. The van der Waals surface area contributed by atoms with Gasteiger partial charge in [-0.25, -0.2) is 15.0 Å². The molecule has 3 aromatic heterocycles. The van der Waals surface area contributed by atoms with Crippen molar-refractivity contribution >= 4 is 22.4 Å². The van der Waals surface area contributed by atoms with E-state index in [9.17, 15) is 0 Å². The van der Waals surface area contributed by atoms with Crippen LogP contribution < -0.4 is 20.7 Å². The van der Waals surface area contributed by atoms with Crippen LogP contribution in [0.15, 0.2) is 73.2 Å². The predicted molar refractivity (Wildman–Crippen MR) is 159 cm³/mol. The second-order valence-corrected chi connectivity index (χ2v) is 10.5. The van der Waals surface area contributed by atoms with Crippen LogP contribution in [0.1, 0.15) is 24.6 Å². The molecule has 204 valence electrons. The van der Waals surface area contributed by atoms with Gasteiger partial charge in [0.15, 0.2) is 0 Å². The van der Waals surface area contributed by atoms with Gasteiger partial charge in [0, 0.05) is 54.7 Å². The van der Waals surface area contributed by atoms with Gasteiger partial charge in [-0.05, 0) is 61.7 Å². The molecule has 2 atom stereocenters. The largest absolute Gasteiger partial charge is 0.437 e. The summed E-state index contributed by atoms with van der Waals surface area (Å²) in [5.74, 6) is 2.50. The average Bonchev–Trinajstić information content (AvgIpc) is 3.38. The molecule has 40 heavy (non-hydrogen) atoms. The molecule has 6 rings (SSSR count). The van der Waals surface area contributed by atoms with Gasteiger partial charge in [-0.1, -0.05) is 31.2 Å². The minimum atomic E-state index is 0.294. The summed E-state index contributed by atoms with van der Waals surface area (Å²) < 4.78 is 8.40. The second kappa shape index (κ2) is 11.3. The van der Waals surface area contributed by atoms with Crippen LogP contribution in [0.3, 0.4) is 0 Å². The molecule has 9 heteroatoms. The number of nitrogens with zero attached hydrogens (tertiary/aromatic N) is 5. The maximum Gasteiger partial charge on any atom is 0.228 e. The molecule has 5 aromatic rings. The topological polar surface area (TPSA) is 102 Å². The smallest absolute Gasteiger partial charge is 0.228 e. The fourth-order valence-electron chi connectivity index (χ4n) is 5.26. The number of piperidine rings is 1. The number of rotatable bonds is 8. The molecule has 1 saturated heterocycles. The van der Waals surface area contributed by atoms with Gasteiger partial charge in [0.25, 0.3) is 0 Å². The molecule has 1 fully saturated rings. The number of hydrogen-bond donors (Lipinski definition) is 3. The fraction of sp³-hybridized carbons (Fsp3) is 0.290. The van der Waals surface area contributed by atoms with E-state index in [0.29, 0.717) is 30.3 Å². The van der Waals surface area contributed by atoms with Crippen LogP contribution in [0, 0.1) is 12.8 Å². The van der Waals surface area contributed by atoms with Gasteiger partial charge >= 0.3 is 0 Å². The van der Waals surface area contributed by atoms with Gasteiger partial charge in [0.05, 0.1) is 23.5 Å². The van der Waals surface area contributed by atoms with Crippen LogP contribution in [0.4, 0.5) is 11.6 Å². The summed E-state index contributed by atoms with van der Waals surface area (Å²) in [5.41, 5.74) is 4.59. The Balaban J connectivity index is 1.29. The number of benzene rings is 2. The third-order valence-electron chi connectivity index (χ3n) is 7.24. The molecule has 0 aliphatic carbocycles. The lowest BCUT2D eigenvalue weighted by Gasteiger charge is -2.28. The molecule has 0 radical (unpaired) electrons. The Labute approximate surface area is 234 Å². The fourth-order valence-corrected chi connectivity index (χ4v) is 5.26. The molecule has 3 N–H and O–H groups in total. The van der Waals surface area contributed by atoms with E-state index in [1.165, 1.54) is 0 Å². The molecule has 0 amide bonds. The third-order valence-corrected chi connectivity index (χ3v) is 7.24. The van der Waals surface area contributed by atoms with E-state index in [1.54, 1.807) is 12.4 Å². The van der Waals surface area contributed by atoms with Crippen molar-refractivity contribution in [3.63, 3.8) is 0 Å². The third kappa shape index (κ3) is 5.60. The van der Waals surface area contributed by atoms with Crippen LogP contribution in [0.25, 0.3) is 22.0 Å². The van der Waals surface area contributed by atoms with Crippen molar-refractivity contribution in [2.24, 2.45) is 13.0 Å². The van der Waals surface area contributed by atoms with E-state index >= 15 is 0 Å². The van der Waals surface area contributed by atoms with E-state index in [-0.39, 0.29) is 0 Å². The number of hydrogen-bond acceptors (Lipinski definition) is 8. The van der Waals surface area contributed by atoms with E-state index in [4.69, 9.17) is 9.72 Å². The zero-order chi connectivity index (χ0) is 27.5. The van der Waals surface area contributed by atoms with Crippen molar-refractivity contribution in [2.75, 3.05) is 23.7 Å². The highest BCUT2D eigenvalue weighted by Crippen LogP contribution is 2.38. The first-order chi connectivity index (χ1) is 19.5. The standard InChI is InChI=1S/C31H34N8O/c1-20-16-23(18-32-17-20)36-31-34-14-11-28(37-31)26-7-5-13-33-30(26)40-29-21(2)9-10-24-25(29)6-4-8-27(24)35-19-22-12-15-39(3)38-22/h4-15,20,23,32,35H,16-19H2,1-3H3,(H,34,36,37)/t20-,23+/m1/s1. The lowest BCUT2D eigenvalue weighted by atomic mass is 9.98. The molecule has 9 nitrogen and oxygen atoms in total. The normalized spacial score (nSPS) is 17.1. The average molecular weight is 535 g/mol. The zero-order valence-electron chi connectivity index (χ0n) is 23.1. The minimum Gasteiger partial charge on any atom is -0.437 e. The zero-order valence-corrected chi connectivity index (χ0v) is 23.1. The summed E-state index contributed by atoms with van der Waals surface area (Å²) in [6, 6.07) is 18.5. The van der Waals surface area contributed by atoms with Gasteiger partial charge in [-0.15, -0.1) is 0 Å². The number of fused-ring (bicyclic) bond motifs is 1. The quantitative estimate of drug-likeness (QED) is 0.238. The summed E-state index contributed by atoms with van der Waals surface area (Å²) in [6.07, 6.45) is 6.56. The lowest BCUT2D eigenvalue weighted by molar-refractivity contribution is 0.377. The molecular formula is C31H34N8O. The Morgan fingerprint density at radius 1 is 1.00 bits per heavy atom. The van der Waals surface area contributed by atoms with Crippen molar-refractivity contribution in [2.45, 2.75) is 32.9 Å². The number of aromatic nitrogens is 5. The van der Waals surface area contributed by atoms with Crippen molar-refractivity contribution in [1.82, 2.24) is 30.0 Å². The van der Waals surface area contributed by atoms with Gasteiger partial charge in [-0.3, -0.25) is 4.68 Å². The van der Waals surface area contributed by atoms with Crippen molar-refractivity contribution < 1.29 is 4.74 Å². The van der Waals surface area contributed by atoms with Crippen LogP contribution in [-0.2, 0) is 13.6 Å². The molecule has 1 aliphatic heterocycles. The number of anilines is 2. The predicted octanol–water partition coefficient (Wildman–Crippen LogP) is 5.55. The molecule has 1 aliphatic rings. The molecule has 2 aromatic carbocycles. The second-order valence-electron chi connectivity index (χ2n) is 10.5. The molecule has 0 saturated carbocycles. The molecule has 0 bridgehead atoms. The Kier molecular flexibility index (Phi) is 7.29. The van der Waals surface area contributed by atoms with Crippen LogP contribution >= 0.6 is 0 Å². The van der Waals surface area contributed by atoms with E-state index in [0.717, 1.165) is 64.2 Å². The Bertz CT molecular complexity index is 1630. The van der Waals surface area contributed by atoms with Gasteiger partial charge in [0.2, 0.25) is 11.8 Å². The molecule has 0 unspecified atom stereocenters. The maximum atomic E-state index is 6.59. The van der Waals surface area contributed by atoms with Crippen molar-refractivity contribution in [1.29, 1.82) is 0 Å². The highest BCUT2D eigenvalue weighted by Gasteiger charge is 2.20. The van der Waals surface area contributed by atoms with Crippen LogP contribution in [0.5, 0.6) is 11.6 Å². The number of pyridine rings is 1. The minimum absolute atomic E-state index is 0.294. The summed E-state index contributed by atoms with van der Waals surface area (Å²) >= 11 is 0. The van der Waals surface area contributed by atoms with Crippen LogP contribution in [-0.4, -0.2) is 43.9 Å². The number of ether oxygens (including phenoxy) is 1. The summed E-state index contributed by atoms with van der Waals surface area (Å²) in [5, 5.41) is 17.1. The molecule has 0 spiro atoms. The number of aryl methyl sites for hydroxylation is 2. The maximum absolute atomic E-state index is 6.59. The van der Waals surface area contributed by atoms with Gasteiger partial charge in [0.1, 0.15) is 5.75 Å². The summed E-state index contributed by atoms with van der Waals surface area (Å²) in [6.45, 7) is 6.89. The Hall–Kier alpha value is -4.50. The molecule has 4 heterocycles. The van der Waals surface area contributed by atoms with Crippen molar-refractivity contribution in [3.8, 4) is 22.9 Å². The number of nitrogens with one attached hydrogen (secondary N) is 3. The van der Waals surface area contributed by atoms with Gasteiger partial charge in [-0.2, -0.15) is 5.10 Å².